The van der Waals surface area contributed by atoms with Crippen LogP contribution in [0.1, 0.15) is 25.7 Å². The van der Waals surface area contributed by atoms with Crippen molar-refractivity contribution in [3.05, 3.63) is 90.7 Å². The molecule has 3 rings (SSSR count). The van der Waals surface area contributed by atoms with E-state index in [4.69, 9.17) is 3.63 Å². The van der Waals surface area contributed by atoms with Crippen molar-refractivity contribution in [2.45, 2.75) is 45.6 Å². The number of carbonyl (C=O) groups excluding carboxylic acids is 1. The summed E-state index contributed by atoms with van der Waals surface area (Å²) < 4.78 is 80.4. The Labute approximate surface area is 224 Å². The van der Waals surface area contributed by atoms with Crippen LogP contribution in [0.2, 0.25) is 0 Å². The van der Waals surface area contributed by atoms with E-state index in [-0.39, 0.29) is 21.3 Å². The van der Waals surface area contributed by atoms with E-state index in [0.717, 1.165) is 30.3 Å². The van der Waals surface area contributed by atoms with Gasteiger partial charge >= 0.3 is 21.3 Å². The summed E-state index contributed by atoms with van der Waals surface area (Å²) in [6.07, 6.45) is 2.62. The minimum Gasteiger partial charge on any atom is -0.460 e. The van der Waals surface area contributed by atoms with E-state index in [2.05, 4.69) is 20.7 Å². The van der Waals surface area contributed by atoms with Crippen LogP contribution in [0, 0.1) is 5.82 Å². The minimum absolute atomic E-state index is 0.144. The molecule has 3 aromatic rings. The standard InChI is InChI=1S/C26H26BrF3O5S2/c27-19-9-1-2-10-20-34-25(31)26(29,30)37(32,33)35-36(22-11-5-3-6-12-22,23-13-7-4-8-14-23)24-17-15-21(28)16-18-24/h3-8,11-18H,1-2,9-10,19-20H2. The molecule has 0 atom stereocenters. The average molecular weight is 620 g/mol. The van der Waals surface area contributed by atoms with Gasteiger partial charge in [-0.15, -0.1) is 0 Å². The molecule has 37 heavy (non-hydrogen) atoms. The van der Waals surface area contributed by atoms with Gasteiger partial charge in [-0.1, -0.05) is 65.2 Å². The lowest BCUT2D eigenvalue weighted by Crippen LogP contribution is -2.41. The molecule has 0 aliphatic heterocycles. The van der Waals surface area contributed by atoms with Crippen LogP contribution >= 0.6 is 26.2 Å². The normalized spacial score (nSPS) is 12.8. The number of alkyl halides is 3. The second kappa shape index (κ2) is 12.9. The molecule has 0 fully saturated rings. The second-order valence-corrected chi connectivity index (χ2v) is 13.2. The monoisotopic (exact) mass is 618 g/mol. The highest BCUT2D eigenvalue weighted by Gasteiger charge is 2.58. The summed E-state index contributed by atoms with van der Waals surface area (Å²) in [5, 5.41) is -4.19. The summed E-state index contributed by atoms with van der Waals surface area (Å²) in [5.41, 5.74) is 0. The molecule has 0 aliphatic carbocycles. The van der Waals surface area contributed by atoms with Gasteiger partial charge in [-0.3, -0.25) is 0 Å². The van der Waals surface area contributed by atoms with E-state index in [1.165, 1.54) is 36.4 Å². The van der Waals surface area contributed by atoms with Gasteiger partial charge in [0.15, 0.2) is 0 Å². The highest BCUT2D eigenvalue weighted by atomic mass is 79.9. The quantitative estimate of drug-likeness (QED) is 0.113. The first-order chi connectivity index (χ1) is 17.6. The zero-order chi connectivity index (χ0) is 26.9. The number of unbranched alkanes of at least 4 members (excludes halogenated alkanes) is 3. The molecule has 5 nitrogen and oxygen atoms in total. The topological polar surface area (TPSA) is 69.7 Å². The van der Waals surface area contributed by atoms with Crippen LogP contribution in [0.4, 0.5) is 13.2 Å². The molecule has 0 unspecified atom stereocenters. The molecular weight excluding hydrogens is 593 g/mol. The molecule has 3 aromatic carbocycles. The van der Waals surface area contributed by atoms with Crippen LogP contribution in [0.5, 0.6) is 0 Å². The first-order valence-electron chi connectivity index (χ1n) is 11.4. The fourth-order valence-electron chi connectivity index (χ4n) is 3.45. The van der Waals surface area contributed by atoms with Crippen LogP contribution in [-0.2, 0) is 23.3 Å². The molecule has 0 heterocycles. The highest BCUT2D eigenvalue weighted by molar-refractivity contribution is 9.09. The maximum absolute atomic E-state index is 15.1. The zero-order valence-electron chi connectivity index (χ0n) is 19.7. The second-order valence-electron chi connectivity index (χ2n) is 7.91. The van der Waals surface area contributed by atoms with Crippen molar-refractivity contribution in [3.8, 4) is 0 Å². The number of hydrogen-bond acceptors (Lipinski definition) is 5. The van der Waals surface area contributed by atoms with Crippen molar-refractivity contribution >= 4 is 42.3 Å². The molecule has 0 amide bonds. The fourth-order valence-corrected chi connectivity index (χ4v) is 8.89. The Bertz CT molecular complexity index is 1220. The SMILES string of the molecule is O=C(OCCCCCCBr)C(F)(F)S(=O)(=O)OS(c1ccccc1)(c1ccccc1)c1ccc(F)cc1. The summed E-state index contributed by atoms with van der Waals surface area (Å²) in [5.74, 6) is -2.81. The molecule has 0 N–H and O–H groups in total. The summed E-state index contributed by atoms with van der Waals surface area (Å²) in [7, 11) is -9.30. The molecule has 11 heteroatoms. The summed E-state index contributed by atoms with van der Waals surface area (Å²) in [4.78, 5) is 12.9. The summed E-state index contributed by atoms with van der Waals surface area (Å²) >= 11 is 3.29. The third-order valence-electron chi connectivity index (χ3n) is 5.30. The molecule has 0 saturated heterocycles. The zero-order valence-corrected chi connectivity index (χ0v) is 22.9. The lowest BCUT2D eigenvalue weighted by molar-refractivity contribution is -0.161. The van der Waals surface area contributed by atoms with Crippen molar-refractivity contribution < 1.29 is 34.7 Å². The molecule has 200 valence electrons. The highest BCUT2D eigenvalue weighted by Crippen LogP contribution is 2.70. The number of halogens is 4. The molecule has 0 radical (unpaired) electrons. The molecule has 0 aromatic heterocycles. The fraction of sp³-hybridized carbons (Fsp3) is 0.269. The Morgan fingerprint density at radius 1 is 0.757 bits per heavy atom. The Hall–Kier alpha value is -2.34. The number of hydrogen-bond donors (Lipinski definition) is 0. The van der Waals surface area contributed by atoms with Crippen LogP contribution in [0.25, 0.3) is 0 Å². The van der Waals surface area contributed by atoms with Gasteiger partial charge in [-0.25, -0.2) is 12.8 Å². The van der Waals surface area contributed by atoms with Gasteiger partial charge in [0.2, 0.25) is 0 Å². The average Bonchev–Trinajstić information content (AvgIpc) is 2.90. The van der Waals surface area contributed by atoms with E-state index in [1.807, 2.05) is 0 Å². The molecule has 0 aliphatic rings. The van der Waals surface area contributed by atoms with Crippen molar-refractivity contribution in [1.82, 2.24) is 0 Å². The van der Waals surface area contributed by atoms with Gasteiger partial charge in [0, 0.05) is 20.0 Å². The van der Waals surface area contributed by atoms with Gasteiger partial charge < -0.3 is 4.74 Å². The largest absolute Gasteiger partial charge is 0.466 e. The molecular formula is C26H26BrF3O5S2. The van der Waals surface area contributed by atoms with Crippen LogP contribution in [-0.4, -0.2) is 31.6 Å². The van der Waals surface area contributed by atoms with E-state index in [9.17, 15) is 17.6 Å². The predicted molar refractivity (Wildman–Crippen MR) is 140 cm³/mol. The summed E-state index contributed by atoms with van der Waals surface area (Å²) in [6, 6.07) is 20.6. The van der Waals surface area contributed by atoms with Gasteiger partial charge in [-0.2, -0.15) is 17.2 Å². The van der Waals surface area contributed by atoms with Crippen molar-refractivity contribution in [1.29, 1.82) is 0 Å². The maximum atomic E-state index is 15.1. The molecule has 0 spiro atoms. The first-order valence-corrected chi connectivity index (χ1v) is 15.5. The Morgan fingerprint density at radius 2 is 1.24 bits per heavy atom. The first kappa shape index (κ1) is 29.2. The molecule has 0 saturated carbocycles. The lowest BCUT2D eigenvalue weighted by atomic mass is 10.2. The third-order valence-corrected chi connectivity index (χ3v) is 11.0. The van der Waals surface area contributed by atoms with E-state index in [0.29, 0.717) is 12.8 Å². The van der Waals surface area contributed by atoms with Gasteiger partial charge in [-0.05, 0) is 71.7 Å². The van der Waals surface area contributed by atoms with Gasteiger partial charge in [0.1, 0.15) is 5.82 Å². The van der Waals surface area contributed by atoms with Gasteiger partial charge in [0.05, 0.1) is 6.61 Å². The van der Waals surface area contributed by atoms with E-state index in [1.54, 1.807) is 36.4 Å². The minimum atomic E-state index is -5.89. The Kier molecular flexibility index (Phi) is 10.2. The number of ether oxygens (including phenoxy) is 1. The van der Waals surface area contributed by atoms with Crippen molar-refractivity contribution in [2.75, 3.05) is 11.9 Å². The summed E-state index contributed by atoms with van der Waals surface area (Å²) in [6.45, 7) is -0.348. The number of esters is 1. The molecule has 0 bridgehead atoms. The predicted octanol–water partition coefficient (Wildman–Crippen LogP) is 7.46. The number of benzene rings is 3. The maximum Gasteiger partial charge on any atom is 0.466 e. The lowest BCUT2D eigenvalue weighted by Gasteiger charge is -2.39. The van der Waals surface area contributed by atoms with Crippen molar-refractivity contribution in [2.24, 2.45) is 0 Å². The smallest absolute Gasteiger partial charge is 0.460 e. The van der Waals surface area contributed by atoms with Crippen LogP contribution < -0.4 is 0 Å². The van der Waals surface area contributed by atoms with E-state index < -0.39 is 37.5 Å². The number of rotatable bonds is 13. The van der Waals surface area contributed by atoms with E-state index >= 15 is 8.78 Å². The third kappa shape index (κ3) is 6.76. The number of carbonyl (C=O) groups is 1. The van der Waals surface area contributed by atoms with Crippen LogP contribution in [0.15, 0.2) is 99.6 Å². The Morgan fingerprint density at radius 3 is 1.76 bits per heavy atom. The van der Waals surface area contributed by atoms with Gasteiger partial charge in [0.25, 0.3) is 0 Å². The van der Waals surface area contributed by atoms with Crippen molar-refractivity contribution in [3.63, 3.8) is 0 Å². The Balaban J connectivity index is 2.04. The van der Waals surface area contributed by atoms with Crippen LogP contribution in [0.3, 0.4) is 0 Å².